The molecule has 4 rings (SSSR count). The number of rotatable bonds is 4. The molecule has 18 heavy (non-hydrogen) atoms. The van der Waals surface area contributed by atoms with Crippen LogP contribution in [0.1, 0.15) is 37.7 Å². The number of aliphatic hydroxyl groups excluding tert-OH is 1. The van der Waals surface area contributed by atoms with Gasteiger partial charge < -0.3 is 10.4 Å². The fourth-order valence-corrected chi connectivity index (χ4v) is 3.94. The Morgan fingerprint density at radius 2 is 1.83 bits per heavy atom. The van der Waals surface area contributed by atoms with E-state index in [1.165, 1.54) is 37.7 Å². The van der Waals surface area contributed by atoms with Gasteiger partial charge in [0, 0.05) is 12.1 Å². The van der Waals surface area contributed by atoms with Crippen LogP contribution < -0.4 is 5.32 Å². The number of benzene rings is 1. The van der Waals surface area contributed by atoms with Crippen LogP contribution in [0.25, 0.3) is 0 Å². The standard InChI is InChI=1S/C16H23NO/c18-12-16(10-13-6-8-15(16)9-7-13)17-11-14-4-2-1-3-5-14/h1-5,13,15,17-18H,6-12H2. The average Bonchev–Trinajstić information content (AvgIpc) is 2.47. The third-order valence-corrected chi connectivity index (χ3v) is 5.05. The zero-order chi connectivity index (χ0) is 12.4. The molecular weight excluding hydrogens is 222 g/mol. The van der Waals surface area contributed by atoms with E-state index in [2.05, 4.69) is 29.6 Å². The van der Waals surface area contributed by atoms with E-state index in [1.54, 1.807) is 0 Å². The van der Waals surface area contributed by atoms with Crippen molar-refractivity contribution in [1.82, 2.24) is 5.32 Å². The van der Waals surface area contributed by atoms with Crippen molar-refractivity contribution >= 4 is 0 Å². The molecule has 3 aliphatic rings. The molecule has 1 aromatic carbocycles. The summed E-state index contributed by atoms with van der Waals surface area (Å²) < 4.78 is 0. The largest absolute Gasteiger partial charge is 0.394 e. The van der Waals surface area contributed by atoms with Gasteiger partial charge >= 0.3 is 0 Å². The average molecular weight is 245 g/mol. The van der Waals surface area contributed by atoms with E-state index in [0.29, 0.717) is 12.5 Å². The Hall–Kier alpha value is -0.860. The van der Waals surface area contributed by atoms with Crippen LogP contribution in [-0.4, -0.2) is 17.3 Å². The lowest BCUT2D eigenvalue weighted by Crippen LogP contribution is -2.59. The van der Waals surface area contributed by atoms with Crippen LogP contribution in [0.15, 0.2) is 30.3 Å². The molecule has 2 bridgehead atoms. The highest BCUT2D eigenvalue weighted by Crippen LogP contribution is 2.47. The summed E-state index contributed by atoms with van der Waals surface area (Å²) >= 11 is 0. The molecule has 3 saturated carbocycles. The number of nitrogens with one attached hydrogen (secondary N) is 1. The first kappa shape index (κ1) is 12.2. The minimum atomic E-state index is -0.00297. The van der Waals surface area contributed by atoms with Crippen molar-refractivity contribution in [1.29, 1.82) is 0 Å². The predicted octanol–water partition coefficient (Wildman–Crippen LogP) is 2.72. The second-order valence-corrected chi connectivity index (χ2v) is 6.08. The van der Waals surface area contributed by atoms with Crippen molar-refractivity contribution in [2.24, 2.45) is 11.8 Å². The topological polar surface area (TPSA) is 32.3 Å². The van der Waals surface area contributed by atoms with Crippen molar-refractivity contribution in [2.75, 3.05) is 6.61 Å². The Kier molecular flexibility index (Phi) is 3.40. The molecule has 1 unspecified atom stereocenters. The van der Waals surface area contributed by atoms with E-state index in [4.69, 9.17) is 0 Å². The van der Waals surface area contributed by atoms with Crippen LogP contribution >= 0.6 is 0 Å². The Morgan fingerprint density at radius 3 is 2.39 bits per heavy atom. The molecule has 98 valence electrons. The van der Waals surface area contributed by atoms with E-state index in [-0.39, 0.29) is 5.54 Å². The quantitative estimate of drug-likeness (QED) is 0.855. The first-order valence-corrected chi connectivity index (χ1v) is 7.22. The fourth-order valence-electron chi connectivity index (χ4n) is 3.94. The van der Waals surface area contributed by atoms with Gasteiger partial charge in [-0.1, -0.05) is 43.2 Å². The van der Waals surface area contributed by atoms with Crippen LogP contribution in [0.2, 0.25) is 0 Å². The first-order valence-electron chi connectivity index (χ1n) is 7.22. The zero-order valence-corrected chi connectivity index (χ0v) is 10.9. The van der Waals surface area contributed by atoms with Gasteiger partial charge in [-0.3, -0.25) is 0 Å². The molecule has 0 saturated heterocycles. The zero-order valence-electron chi connectivity index (χ0n) is 10.9. The smallest absolute Gasteiger partial charge is 0.0616 e. The Bertz CT molecular complexity index is 383. The lowest BCUT2D eigenvalue weighted by Gasteiger charge is -2.51. The van der Waals surface area contributed by atoms with Crippen LogP contribution in [0.4, 0.5) is 0 Å². The van der Waals surface area contributed by atoms with Crippen LogP contribution in [-0.2, 0) is 6.54 Å². The van der Waals surface area contributed by atoms with Gasteiger partial charge in [0.05, 0.1) is 6.61 Å². The minimum Gasteiger partial charge on any atom is -0.394 e. The van der Waals surface area contributed by atoms with Gasteiger partial charge in [0.1, 0.15) is 0 Å². The van der Waals surface area contributed by atoms with E-state index in [0.717, 1.165) is 12.5 Å². The van der Waals surface area contributed by atoms with Gasteiger partial charge in [-0.25, -0.2) is 0 Å². The molecule has 3 aliphatic carbocycles. The van der Waals surface area contributed by atoms with Crippen LogP contribution in [0, 0.1) is 11.8 Å². The Morgan fingerprint density at radius 1 is 1.11 bits per heavy atom. The summed E-state index contributed by atoms with van der Waals surface area (Å²) in [5, 5.41) is 13.6. The second kappa shape index (κ2) is 5.02. The summed E-state index contributed by atoms with van der Waals surface area (Å²) in [6.45, 7) is 1.17. The van der Waals surface area contributed by atoms with E-state index >= 15 is 0 Å². The summed E-state index contributed by atoms with van der Waals surface area (Å²) in [5.74, 6) is 1.52. The molecular formula is C16H23NO. The highest BCUT2D eigenvalue weighted by atomic mass is 16.3. The van der Waals surface area contributed by atoms with Gasteiger partial charge in [-0.05, 0) is 36.7 Å². The Balaban J connectivity index is 1.69. The predicted molar refractivity (Wildman–Crippen MR) is 73.2 cm³/mol. The van der Waals surface area contributed by atoms with Crippen LogP contribution in [0.5, 0.6) is 0 Å². The number of hydrogen-bond acceptors (Lipinski definition) is 2. The maximum absolute atomic E-state index is 9.88. The SMILES string of the molecule is OCC1(NCc2ccccc2)CC2CCC1CC2. The minimum absolute atomic E-state index is 0.00297. The molecule has 0 amide bonds. The number of hydrogen-bond donors (Lipinski definition) is 2. The molecule has 0 aromatic heterocycles. The third-order valence-electron chi connectivity index (χ3n) is 5.05. The third kappa shape index (κ3) is 2.19. The molecule has 0 heterocycles. The van der Waals surface area contributed by atoms with Crippen LogP contribution in [0.3, 0.4) is 0 Å². The molecule has 0 aliphatic heterocycles. The molecule has 1 atom stereocenters. The highest BCUT2D eigenvalue weighted by molar-refractivity contribution is 5.15. The molecule has 1 aromatic rings. The van der Waals surface area contributed by atoms with E-state index in [9.17, 15) is 5.11 Å². The van der Waals surface area contributed by atoms with Gasteiger partial charge in [0.2, 0.25) is 0 Å². The van der Waals surface area contributed by atoms with Crippen molar-refractivity contribution in [3.63, 3.8) is 0 Å². The van der Waals surface area contributed by atoms with Gasteiger partial charge in [0.15, 0.2) is 0 Å². The summed E-state index contributed by atoms with van der Waals surface area (Å²) in [4.78, 5) is 0. The Labute approximate surface area is 109 Å². The molecule has 2 N–H and O–H groups in total. The summed E-state index contributed by atoms with van der Waals surface area (Å²) in [6, 6.07) is 10.5. The van der Waals surface area contributed by atoms with E-state index < -0.39 is 0 Å². The van der Waals surface area contributed by atoms with Gasteiger partial charge in [-0.15, -0.1) is 0 Å². The molecule has 2 heteroatoms. The van der Waals surface area contributed by atoms with E-state index in [1.807, 2.05) is 6.07 Å². The normalized spacial score (nSPS) is 34.7. The summed E-state index contributed by atoms with van der Waals surface area (Å²) in [6.07, 6.45) is 6.51. The molecule has 0 radical (unpaired) electrons. The fraction of sp³-hybridized carbons (Fsp3) is 0.625. The van der Waals surface area contributed by atoms with Gasteiger partial charge in [-0.2, -0.15) is 0 Å². The number of aliphatic hydroxyl groups is 1. The maximum Gasteiger partial charge on any atom is 0.0616 e. The van der Waals surface area contributed by atoms with Crippen molar-refractivity contribution < 1.29 is 5.11 Å². The van der Waals surface area contributed by atoms with Crippen molar-refractivity contribution in [3.8, 4) is 0 Å². The maximum atomic E-state index is 9.88. The lowest BCUT2D eigenvalue weighted by atomic mass is 9.60. The molecule has 2 nitrogen and oxygen atoms in total. The number of fused-ring (bicyclic) bond motifs is 3. The summed E-state index contributed by atoms with van der Waals surface area (Å²) in [7, 11) is 0. The molecule has 3 fully saturated rings. The first-order chi connectivity index (χ1) is 8.82. The van der Waals surface area contributed by atoms with Gasteiger partial charge in [0.25, 0.3) is 0 Å². The summed E-state index contributed by atoms with van der Waals surface area (Å²) in [5.41, 5.74) is 1.31. The second-order valence-electron chi connectivity index (χ2n) is 6.08. The monoisotopic (exact) mass is 245 g/mol. The van der Waals surface area contributed by atoms with Crippen molar-refractivity contribution in [2.45, 2.75) is 44.2 Å². The lowest BCUT2D eigenvalue weighted by molar-refractivity contribution is -0.00143. The molecule has 0 spiro atoms. The highest BCUT2D eigenvalue weighted by Gasteiger charge is 2.46. The van der Waals surface area contributed by atoms with Crippen molar-refractivity contribution in [3.05, 3.63) is 35.9 Å².